The maximum Gasteiger partial charge on any atom is 0.156 e. The van der Waals surface area contributed by atoms with Gasteiger partial charge in [-0.1, -0.05) is 25.6 Å². The maximum atomic E-state index is 5.35. The Morgan fingerprint density at radius 3 is 2.81 bits per heavy atom. The summed E-state index contributed by atoms with van der Waals surface area (Å²) in [6.07, 6.45) is 2.35. The molecule has 0 aliphatic carbocycles. The molecule has 0 saturated carbocycles. The Hall–Kier alpha value is -0.220. The van der Waals surface area contributed by atoms with Crippen LogP contribution in [-0.4, -0.2) is 36.7 Å². The average Bonchev–Trinajstić information content (AvgIpc) is 2.76. The van der Waals surface area contributed by atoms with Crippen LogP contribution >= 0.6 is 11.8 Å². The van der Waals surface area contributed by atoms with E-state index in [2.05, 4.69) is 19.2 Å². The molecule has 2 aliphatic heterocycles. The van der Waals surface area contributed by atoms with E-state index >= 15 is 0 Å². The fourth-order valence-corrected chi connectivity index (χ4v) is 3.21. The minimum absolute atomic E-state index is 0.610. The van der Waals surface area contributed by atoms with Crippen LogP contribution in [0.2, 0.25) is 0 Å². The number of hydrogen-bond donors (Lipinski definition) is 1. The molecule has 1 atom stereocenters. The highest BCUT2D eigenvalue weighted by Gasteiger charge is 2.23. The second kappa shape index (κ2) is 5.92. The van der Waals surface area contributed by atoms with Crippen LogP contribution in [0.4, 0.5) is 0 Å². The molecule has 2 aliphatic rings. The highest BCUT2D eigenvalue weighted by Crippen LogP contribution is 2.20. The van der Waals surface area contributed by atoms with E-state index in [-0.39, 0.29) is 0 Å². The summed E-state index contributed by atoms with van der Waals surface area (Å²) in [5.41, 5.74) is 0. The summed E-state index contributed by atoms with van der Waals surface area (Å²) >= 11 is 1.88. The first-order valence-electron chi connectivity index (χ1n) is 6.27. The van der Waals surface area contributed by atoms with Crippen LogP contribution in [-0.2, 0) is 4.74 Å². The molecule has 2 rings (SSSR count). The van der Waals surface area contributed by atoms with Gasteiger partial charge in [-0.05, 0) is 24.7 Å². The standard InChI is InChI=1S/C12H22N2OS/c1-9(2)11-8-16-12(14-11)13-7-10-3-5-15-6-4-10/h9-11H,3-8H2,1-2H3,(H,13,14)/t11-/m1/s1. The van der Waals surface area contributed by atoms with Crippen LogP contribution in [0.5, 0.6) is 0 Å². The summed E-state index contributed by atoms with van der Waals surface area (Å²) in [5.74, 6) is 2.61. The van der Waals surface area contributed by atoms with Crippen molar-refractivity contribution < 1.29 is 4.74 Å². The van der Waals surface area contributed by atoms with E-state index in [1.54, 1.807) is 0 Å². The predicted molar refractivity (Wildman–Crippen MR) is 70.1 cm³/mol. The normalized spacial score (nSPS) is 29.9. The van der Waals surface area contributed by atoms with Gasteiger partial charge < -0.3 is 10.1 Å². The Labute approximate surface area is 102 Å². The smallest absolute Gasteiger partial charge is 0.156 e. The van der Waals surface area contributed by atoms with Crippen LogP contribution in [0.1, 0.15) is 26.7 Å². The van der Waals surface area contributed by atoms with Gasteiger partial charge in [0.25, 0.3) is 0 Å². The maximum absolute atomic E-state index is 5.35. The minimum atomic E-state index is 0.610. The van der Waals surface area contributed by atoms with Crippen molar-refractivity contribution in [2.45, 2.75) is 32.7 Å². The van der Waals surface area contributed by atoms with Gasteiger partial charge in [0.1, 0.15) is 0 Å². The van der Waals surface area contributed by atoms with Crippen molar-refractivity contribution in [2.24, 2.45) is 16.8 Å². The summed E-state index contributed by atoms with van der Waals surface area (Å²) in [5, 5.41) is 4.67. The summed E-state index contributed by atoms with van der Waals surface area (Å²) in [4.78, 5) is 4.69. The zero-order valence-corrected chi connectivity index (χ0v) is 11.1. The van der Waals surface area contributed by atoms with E-state index in [0.717, 1.165) is 30.8 Å². The summed E-state index contributed by atoms with van der Waals surface area (Å²) in [6, 6.07) is 0.610. The Morgan fingerprint density at radius 1 is 1.44 bits per heavy atom. The van der Waals surface area contributed by atoms with Gasteiger partial charge in [0, 0.05) is 31.6 Å². The minimum Gasteiger partial charge on any atom is -0.381 e. The van der Waals surface area contributed by atoms with E-state index < -0.39 is 0 Å². The molecule has 16 heavy (non-hydrogen) atoms. The second-order valence-electron chi connectivity index (χ2n) is 5.01. The molecule has 2 heterocycles. The van der Waals surface area contributed by atoms with E-state index in [0.29, 0.717) is 12.0 Å². The molecule has 0 bridgehead atoms. The molecule has 1 N–H and O–H groups in total. The monoisotopic (exact) mass is 242 g/mol. The molecule has 92 valence electrons. The number of aliphatic imine (C=N–C) groups is 1. The summed E-state index contributed by atoms with van der Waals surface area (Å²) in [7, 11) is 0. The lowest BCUT2D eigenvalue weighted by atomic mass is 10.0. The van der Waals surface area contributed by atoms with Crippen molar-refractivity contribution in [3.05, 3.63) is 0 Å². The van der Waals surface area contributed by atoms with Crippen molar-refractivity contribution in [3.63, 3.8) is 0 Å². The van der Waals surface area contributed by atoms with Gasteiger partial charge in [0.15, 0.2) is 5.17 Å². The number of amidine groups is 1. The molecule has 4 heteroatoms. The summed E-state index contributed by atoms with van der Waals surface area (Å²) < 4.78 is 5.35. The van der Waals surface area contributed by atoms with Crippen molar-refractivity contribution in [2.75, 3.05) is 25.5 Å². The first-order valence-corrected chi connectivity index (χ1v) is 7.26. The zero-order chi connectivity index (χ0) is 11.4. The van der Waals surface area contributed by atoms with Crippen LogP contribution in [0, 0.1) is 11.8 Å². The van der Waals surface area contributed by atoms with Gasteiger partial charge in [-0.2, -0.15) is 0 Å². The Bertz CT molecular complexity index is 249. The molecule has 2 fully saturated rings. The van der Waals surface area contributed by atoms with E-state index in [1.807, 2.05) is 11.8 Å². The lowest BCUT2D eigenvalue weighted by molar-refractivity contribution is 0.0689. The number of nitrogens with one attached hydrogen (secondary N) is 1. The van der Waals surface area contributed by atoms with Gasteiger partial charge in [-0.25, -0.2) is 0 Å². The largest absolute Gasteiger partial charge is 0.381 e. The van der Waals surface area contributed by atoms with Gasteiger partial charge >= 0.3 is 0 Å². The topological polar surface area (TPSA) is 33.6 Å². The Balaban J connectivity index is 1.75. The molecule has 0 unspecified atom stereocenters. The number of thioether (sulfide) groups is 1. The van der Waals surface area contributed by atoms with Crippen LogP contribution in [0.3, 0.4) is 0 Å². The first kappa shape index (κ1) is 12.2. The predicted octanol–water partition coefficient (Wildman–Crippen LogP) is 2.13. The highest BCUT2D eigenvalue weighted by molar-refractivity contribution is 8.14. The van der Waals surface area contributed by atoms with E-state index in [4.69, 9.17) is 9.73 Å². The third-order valence-electron chi connectivity index (χ3n) is 3.35. The van der Waals surface area contributed by atoms with Gasteiger partial charge in [-0.3, -0.25) is 4.99 Å². The summed E-state index contributed by atoms with van der Waals surface area (Å²) in [6.45, 7) is 7.35. The van der Waals surface area contributed by atoms with Crippen LogP contribution in [0.15, 0.2) is 4.99 Å². The lowest BCUT2D eigenvalue weighted by Gasteiger charge is -2.20. The quantitative estimate of drug-likeness (QED) is 0.823. The molecule has 0 aromatic rings. The number of hydrogen-bond acceptors (Lipinski definition) is 3. The van der Waals surface area contributed by atoms with Crippen LogP contribution in [0.25, 0.3) is 0 Å². The van der Waals surface area contributed by atoms with Crippen LogP contribution < -0.4 is 5.32 Å². The van der Waals surface area contributed by atoms with Crippen molar-refractivity contribution >= 4 is 16.9 Å². The third kappa shape index (κ3) is 3.39. The molecule has 0 aromatic carbocycles. The number of rotatable bonds is 3. The second-order valence-corrected chi connectivity index (χ2v) is 6.02. The number of ether oxygens (including phenoxy) is 1. The zero-order valence-electron chi connectivity index (χ0n) is 10.2. The molecule has 0 radical (unpaired) electrons. The lowest BCUT2D eigenvalue weighted by Crippen LogP contribution is -2.32. The Morgan fingerprint density at radius 2 is 2.19 bits per heavy atom. The molecular formula is C12H22N2OS. The van der Waals surface area contributed by atoms with Crippen molar-refractivity contribution in [1.82, 2.24) is 5.32 Å². The molecule has 2 saturated heterocycles. The van der Waals surface area contributed by atoms with Gasteiger partial charge in [0.2, 0.25) is 0 Å². The average molecular weight is 242 g/mol. The molecule has 3 nitrogen and oxygen atoms in total. The van der Waals surface area contributed by atoms with E-state index in [9.17, 15) is 0 Å². The third-order valence-corrected chi connectivity index (χ3v) is 4.39. The SMILES string of the molecule is CC(C)[C@H]1CSC(=NCC2CCOCC2)N1. The molecule has 0 amide bonds. The Kier molecular flexibility index (Phi) is 4.53. The molecule has 0 spiro atoms. The van der Waals surface area contributed by atoms with Crippen molar-refractivity contribution in [3.8, 4) is 0 Å². The fourth-order valence-electron chi connectivity index (χ4n) is 2.00. The van der Waals surface area contributed by atoms with Gasteiger partial charge in [-0.15, -0.1) is 0 Å². The van der Waals surface area contributed by atoms with Crippen molar-refractivity contribution in [1.29, 1.82) is 0 Å². The van der Waals surface area contributed by atoms with Gasteiger partial charge in [0.05, 0.1) is 0 Å². The highest BCUT2D eigenvalue weighted by atomic mass is 32.2. The number of nitrogens with zero attached hydrogens (tertiary/aromatic N) is 1. The first-order chi connectivity index (χ1) is 7.75. The fraction of sp³-hybridized carbons (Fsp3) is 0.917. The van der Waals surface area contributed by atoms with E-state index in [1.165, 1.54) is 18.6 Å². The molecule has 0 aromatic heterocycles. The molecular weight excluding hydrogens is 220 g/mol.